The molecule has 0 amide bonds. The van der Waals surface area contributed by atoms with Crippen LogP contribution in [0.15, 0.2) is 101 Å². The van der Waals surface area contributed by atoms with E-state index in [0.29, 0.717) is 11.6 Å². The molecule has 0 saturated carbocycles. The van der Waals surface area contributed by atoms with Gasteiger partial charge in [-0.1, -0.05) is 66.4 Å². The number of rotatable bonds is 4. The van der Waals surface area contributed by atoms with Gasteiger partial charge in [0.15, 0.2) is 5.70 Å². The van der Waals surface area contributed by atoms with Crippen LogP contribution in [-0.4, -0.2) is 16.9 Å². The van der Waals surface area contributed by atoms with Gasteiger partial charge >= 0.3 is 5.97 Å². The molecule has 1 aliphatic rings. The zero-order valence-electron chi connectivity index (χ0n) is 13.7. The number of ether oxygens (including phenoxy) is 1. The Hall–Kier alpha value is -3.18. The van der Waals surface area contributed by atoms with Crippen LogP contribution in [0.2, 0.25) is 0 Å². The van der Waals surface area contributed by atoms with Gasteiger partial charge in [-0.2, -0.15) is 0 Å². The van der Waals surface area contributed by atoms with Gasteiger partial charge in [-0.15, -0.1) is 0 Å². The Kier molecular flexibility index (Phi) is 4.62. The van der Waals surface area contributed by atoms with E-state index in [9.17, 15) is 4.79 Å². The summed E-state index contributed by atoms with van der Waals surface area (Å²) in [6.45, 7) is 0. The molecule has 0 aliphatic carbocycles. The predicted octanol–water partition coefficient (Wildman–Crippen LogP) is 4.55. The predicted molar refractivity (Wildman–Crippen MR) is 103 cm³/mol. The van der Waals surface area contributed by atoms with Crippen LogP contribution in [0.4, 0.5) is 0 Å². The first-order chi connectivity index (χ1) is 12.8. The van der Waals surface area contributed by atoms with Crippen molar-refractivity contribution in [2.45, 2.75) is 5.03 Å². The van der Waals surface area contributed by atoms with Crippen LogP contribution >= 0.6 is 11.8 Å². The van der Waals surface area contributed by atoms with Gasteiger partial charge in [0.25, 0.3) is 0 Å². The summed E-state index contributed by atoms with van der Waals surface area (Å²) >= 11 is 1.40. The number of nitrogens with zero attached hydrogens (tertiary/aromatic N) is 2. The summed E-state index contributed by atoms with van der Waals surface area (Å²) in [6, 6.07) is 24.7. The van der Waals surface area contributed by atoms with E-state index in [0.717, 1.165) is 21.1 Å². The van der Waals surface area contributed by atoms with Gasteiger partial charge < -0.3 is 4.74 Å². The molecule has 0 spiro atoms. The second-order valence-electron chi connectivity index (χ2n) is 5.49. The minimum absolute atomic E-state index is 0.297. The minimum Gasteiger partial charge on any atom is -0.402 e. The van der Waals surface area contributed by atoms with E-state index >= 15 is 0 Å². The van der Waals surface area contributed by atoms with Crippen molar-refractivity contribution in [3.8, 4) is 0 Å². The molecule has 0 radical (unpaired) electrons. The average Bonchev–Trinajstić information content (AvgIpc) is 3.10. The van der Waals surface area contributed by atoms with Crippen LogP contribution in [0.1, 0.15) is 11.1 Å². The Labute approximate surface area is 155 Å². The molecule has 1 aliphatic heterocycles. The third-order valence-electron chi connectivity index (χ3n) is 3.71. The number of pyridine rings is 1. The molecule has 3 aromatic rings. The number of hydrogen-bond donors (Lipinski definition) is 0. The molecule has 126 valence electrons. The van der Waals surface area contributed by atoms with Gasteiger partial charge in [0.05, 0.1) is 4.91 Å². The Bertz CT molecular complexity index is 984. The van der Waals surface area contributed by atoms with Gasteiger partial charge in [0, 0.05) is 11.8 Å². The highest BCUT2D eigenvalue weighted by atomic mass is 32.2. The number of cyclic esters (lactones) is 1. The summed E-state index contributed by atoms with van der Waals surface area (Å²) in [5, 5.41) is 0.787. The molecule has 1 aromatic heterocycles. The number of carbonyl (C=O) groups is 1. The number of carbonyl (C=O) groups excluding carboxylic acids is 1. The summed E-state index contributed by atoms with van der Waals surface area (Å²) in [5.41, 5.74) is 1.96. The lowest BCUT2D eigenvalue weighted by Crippen LogP contribution is -2.05. The zero-order valence-corrected chi connectivity index (χ0v) is 14.5. The highest BCUT2D eigenvalue weighted by Gasteiger charge is 2.28. The van der Waals surface area contributed by atoms with E-state index < -0.39 is 5.97 Å². The van der Waals surface area contributed by atoms with Gasteiger partial charge in [0.2, 0.25) is 5.90 Å². The lowest BCUT2D eigenvalue weighted by Gasteiger charge is -2.07. The Morgan fingerprint density at radius 2 is 1.54 bits per heavy atom. The number of aromatic nitrogens is 1. The van der Waals surface area contributed by atoms with Crippen molar-refractivity contribution in [2.75, 3.05) is 0 Å². The third-order valence-corrected chi connectivity index (χ3v) is 4.80. The summed E-state index contributed by atoms with van der Waals surface area (Å²) in [4.78, 5) is 22.1. The lowest BCUT2D eigenvalue weighted by atomic mass is 10.2. The molecular weight excluding hydrogens is 344 g/mol. The number of esters is 1. The van der Waals surface area contributed by atoms with E-state index in [1.165, 1.54) is 11.8 Å². The molecule has 0 N–H and O–H groups in total. The first-order valence-corrected chi connectivity index (χ1v) is 8.88. The molecule has 4 nitrogen and oxygen atoms in total. The van der Waals surface area contributed by atoms with E-state index in [1.54, 1.807) is 6.20 Å². The maximum atomic E-state index is 12.5. The van der Waals surface area contributed by atoms with E-state index in [2.05, 4.69) is 9.98 Å². The van der Waals surface area contributed by atoms with Gasteiger partial charge in [0.1, 0.15) is 5.03 Å². The molecule has 0 bridgehead atoms. The van der Waals surface area contributed by atoms with Crippen LogP contribution in [0.25, 0.3) is 4.91 Å². The van der Waals surface area contributed by atoms with Crippen molar-refractivity contribution < 1.29 is 9.53 Å². The largest absolute Gasteiger partial charge is 0.402 e. The second kappa shape index (κ2) is 7.37. The molecule has 5 heteroatoms. The monoisotopic (exact) mass is 358 g/mol. The van der Waals surface area contributed by atoms with Crippen LogP contribution in [0.5, 0.6) is 0 Å². The molecule has 0 atom stereocenters. The smallest absolute Gasteiger partial charge is 0.365 e. The molecule has 2 heterocycles. The number of thioether (sulfide) groups is 1. The normalized spacial score (nSPS) is 15.4. The standard InChI is InChI=1S/C21H14N2O2S/c24-21-18(23-20(25-21)16-11-5-2-6-12-16)19(15-9-3-1-4-10-15)26-17-13-7-8-14-22-17/h1-14H/b19-18-. The van der Waals surface area contributed by atoms with Gasteiger partial charge in [-0.05, 0) is 29.8 Å². The number of hydrogen-bond acceptors (Lipinski definition) is 5. The molecule has 0 unspecified atom stereocenters. The van der Waals surface area contributed by atoms with Crippen molar-refractivity contribution in [2.24, 2.45) is 4.99 Å². The highest BCUT2D eigenvalue weighted by Crippen LogP contribution is 2.38. The van der Waals surface area contributed by atoms with Crippen LogP contribution in [0, 0.1) is 0 Å². The maximum absolute atomic E-state index is 12.5. The summed E-state index contributed by atoms with van der Waals surface area (Å²) in [5.74, 6) is -0.133. The molecule has 2 aromatic carbocycles. The Morgan fingerprint density at radius 3 is 2.23 bits per heavy atom. The first kappa shape index (κ1) is 16.3. The molecular formula is C21H14N2O2S. The fourth-order valence-corrected chi connectivity index (χ4v) is 3.45. The van der Waals surface area contributed by atoms with Crippen molar-refractivity contribution >= 4 is 28.5 Å². The fraction of sp³-hybridized carbons (Fsp3) is 0. The van der Waals surface area contributed by atoms with E-state index in [-0.39, 0.29) is 0 Å². The SMILES string of the molecule is O=C1OC(c2ccccc2)=N/C1=C(\Sc1ccccn1)c1ccccc1. The van der Waals surface area contributed by atoms with Crippen molar-refractivity contribution in [1.29, 1.82) is 0 Å². The van der Waals surface area contributed by atoms with Crippen molar-refractivity contribution in [1.82, 2.24) is 4.98 Å². The molecule has 26 heavy (non-hydrogen) atoms. The summed E-state index contributed by atoms with van der Waals surface area (Å²) < 4.78 is 5.42. The van der Waals surface area contributed by atoms with Crippen molar-refractivity contribution in [3.05, 3.63) is 102 Å². The fourth-order valence-electron chi connectivity index (χ4n) is 2.50. The highest BCUT2D eigenvalue weighted by molar-refractivity contribution is 8.08. The molecule has 4 rings (SSSR count). The summed E-state index contributed by atoms with van der Waals surface area (Å²) in [6.07, 6.45) is 1.72. The van der Waals surface area contributed by atoms with Crippen LogP contribution in [0.3, 0.4) is 0 Å². The first-order valence-electron chi connectivity index (χ1n) is 8.06. The van der Waals surface area contributed by atoms with E-state index in [1.807, 2.05) is 78.9 Å². The van der Waals surface area contributed by atoms with Crippen LogP contribution < -0.4 is 0 Å². The third kappa shape index (κ3) is 3.43. The zero-order chi connectivity index (χ0) is 17.8. The average molecular weight is 358 g/mol. The lowest BCUT2D eigenvalue weighted by molar-refractivity contribution is -0.129. The Morgan fingerprint density at radius 1 is 0.846 bits per heavy atom. The molecule has 0 saturated heterocycles. The van der Waals surface area contributed by atoms with Crippen LogP contribution in [-0.2, 0) is 9.53 Å². The second-order valence-corrected chi connectivity index (χ2v) is 6.52. The van der Waals surface area contributed by atoms with Gasteiger partial charge in [-0.3, -0.25) is 0 Å². The van der Waals surface area contributed by atoms with Gasteiger partial charge in [-0.25, -0.2) is 14.8 Å². The Balaban J connectivity index is 1.81. The maximum Gasteiger partial charge on any atom is 0.365 e. The molecule has 0 fully saturated rings. The summed E-state index contributed by atoms with van der Waals surface area (Å²) in [7, 11) is 0. The topological polar surface area (TPSA) is 51.5 Å². The number of benzene rings is 2. The van der Waals surface area contributed by atoms with Crippen molar-refractivity contribution in [3.63, 3.8) is 0 Å². The van der Waals surface area contributed by atoms with E-state index in [4.69, 9.17) is 4.74 Å². The quantitative estimate of drug-likeness (QED) is 0.390. The number of aliphatic imine (C=N–C) groups is 1. The minimum atomic E-state index is -0.453.